The van der Waals surface area contributed by atoms with Crippen molar-refractivity contribution in [3.63, 3.8) is 0 Å². The SMILES string of the molecule is O=C(/C(=N/I)Nc1ccc(F)c(Br)c1)C1CCN(c2ccc([N+](=O)[O-])cc2)CC1. The Hall–Kier alpha value is -2.08. The summed E-state index contributed by atoms with van der Waals surface area (Å²) in [6.07, 6.45) is 1.31. The van der Waals surface area contributed by atoms with Crippen molar-refractivity contribution in [2.75, 3.05) is 23.3 Å². The van der Waals surface area contributed by atoms with Crippen LogP contribution in [0.5, 0.6) is 0 Å². The second-order valence-corrected chi connectivity index (χ2v) is 7.92. The molecule has 1 aliphatic heterocycles. The third-order valence-electron chi connectivity index (χ3n) is 4.79. The lowest BCUT2D eigenvalue weighted by Gasteiger charge is -2.33. The first kappa shape index (κ1) is 21.6. The summed E-state index contributed by atoms with van der Waals surface area (Å²) in [7, 11) is 0. The summed E-state index contributed by atoms with van der Waals surface area (Å²) in [5.41, 5.74) is 1.53. The molecule has 0 saturated carbocycles. The van der Waals surface area contributed by atoms with Crippen LogP contribution in [0.25, 0.3) is 0 Å². The summed E-state index contributed by atoms with van der Waals surface area (Å²) in [5, 5.41) is 13.8. The molecule has 1 aliphatic rings. The Balaban J connectivity index is 1.60. The van der Waals surface area contributed by atoms with Crippen molar-refractivity contribution in [3.05, 3.63) is 62.9 Å². The molecule has 7 nitrogen and oxygen atoms in total. The molecular formula is C19H17BrFIN4O3. The van der Waals surface area contributed by atoms with Crippen LogP contribution in [0.2, 0.25) is 0 Å². The van der Waals surface area contributed by atoms with Crippen LogP contribution in [-0.4, -0.2) is 29.6 Å². The Kier molecular flexibility index (Phi) is 7.17. The van der Waals surface area contributed by atoms with Crippen LogP contribution in [0.3, 0.4) is 0 Å². The van der Waals surface area contributed by atoms with Gasteiger partial charge in [0.25, 0.3) is 5.69 Å². The highest BCUT2D eigenvalue weighted by molar-refractivity contribution is 14.1. The average Bonchev–Trinajstić information content (AvgIpc) is 2.74. The van der Waals surface area contributed by atoms with Gasteiger partial charge in [0, 0.05) is 42.5 Å². The standard InChI is InChI=1S/C19H17BrFIN4O3/c20-16-11-13(1-6-17(16)21)23-19(24-22)18(27)12-7-9-25(10-8-12)14-2-4-15(5-3-14)26(28)29/h1-6,11-12H,7-10H2,(H,23,24). The van der Waals surface area contributed by atoms with Crippen LogP contribution < -0.4 is 10.2 Å². The van der Waals surface area contributed by atoms with E-state index in [-0.39, 0.29) is 29.0 Å². The number of ketones is 1. The van der Waals surface area contributed by atoms with E-state index in [1.165, 1.54) is 18.2 Å². The van der Waals surface area contributed by atoms with Gasteiger partial charge >= 0.3 is 0 Å². The van der Waals surface area contributed by atoms with Gasteiger partial charge < -0.3 is 10.2 Å². The second kappa shape index (κ2) is 9.61. The van der Waals surface area contributed by atoms with Crippen molar-refractivity contribution in [2.45, 2.75) is 12.8 Å². The lowest BCUT2D eigenvalue weighted by atomic mass is 9.91. The number of carbonyl (C=O) groups is 1. The van der Waals surface area contributed by atoms with Gasteiger partial charge in [0.05, 0.1) is 32.3 Å². The molecule has 1 fully saturated rings. The number of anilines is 2. The van der Waals surface area contributed by atoms with Gasteiger partial charge in [-0.05, 0) is 59.1 Å². The van der Waals surface area contributed by atoms with Crippen molar-refractivity contribution >= 4 is 67.5 Å². The predicted octanol–water partition coefficient (Wildman–Crippen LogP) is 5.14. The van der Waals surface area contributed by atoms with Crippen molar-refractivity contribution in [2.24, 2.45) is 9.12 Å². The molecular weight excluding hydrogens is 558 g/mol. The summed E-state index contributed by atoms with van der Waals surface area (Å²) in [6.45, 7) is 1.34. The number of hydrogen-bond donors (Lipinski definition) is 1. The number of nitro groups is 1. The number of nitro benzene ring substituents is 1. The van der Waals surface area contributed by atoms with Crippen LogP contribution in [0.1, 0.15) is 12.8 Å². The normalized spacial score (nSPS) is 15.3. The van der Waals surface area contributed by atoms with E-state index in [1.807, 2.05) is 0 Å². The number of halogens is 3. The molecule has 0 amide bonds. The Morgan fingerprint density at radius 3 is 2.45 bits per heavy atom. The maximum Gasteiger partial charge on any atom is 0.269 e. The molecule has 0 aliphatic carbocycles. The molecule has 0 radical (unpaired) electrons. The Labute approximate surface area is 189 Å². The van der Waals surface area contributed by atoms with Gasteiger partial charge in [-0.3, -0.25) is 14.9 Å². The van der Waals surface area contributed by atoms with Gasteiger partial charge in [-0.2, -0.15) is 3.21 Å². The highest BCUT2D eigenvalue weighted by Gasteiger charge is 2.28. The maximum absolute atomic E-state index is 13.4. The summed E-state index contributed by atoms with van der Waals surface area (Å²) in [4.78, 5) is 25.3. The zero-order chi connectivity index (χ0) is 21.0. The number of nitrogens with one attached hydrogen (secondary N) is 1. The topological polar surface area (TPSA) is 87.8 Å². The summed E-state index contributed by atoms with van der Waals surface area (Å²) in [5.74, 6) is -0.399. The molecule has 1 saturated heterocycles. The third kappa shape index (κ3) is 5.30. The van der Waals surface area contributed by atoms with Crippen LogP contribution in [0.15, 0.2) is 50.1 Å². The highest BCUT2D eigenvalue weighted by atomic mass is 127. The van der Waals surface area contributed by atoms with Crippen molar-refractivity contribution < 1.29 is 14.1 Å². The fourth-order valence-electron chi connectivity index (χ4n) is 3.21. The van der Waals surface area contributed by atoms with E-state index >= 15 is 0 Å². The first-order valence-electron chi connectivity index (χ1n) is 8.83. The monoisotopic (exact) mass is 574 g/mol. The van der Waals surface area contributed by atoms with E-state index in [0.29, 0.717) is 36.1 Å². The van der Waals surface area contributed by atoms with Crippen LogP contribution >= 0.6 is 38.8 Å². The van der Waals surface area contributed by atoms with Gasteiger partial charge in [0.2, 0.25) is 5.78 Å². The van der Waals surface area contributed by atoms with Gasteiger partial charge in [-0.25, -0.2) is 4.39 Å². The molecule has 1 heterocycles. The number of carbonyl (C=O) groups excluding carboxylic acids is 1. The predicted molar refractivity (Wildman–Crippen MR) is 122 cm³/mol. The van der Waals surface area contributed by atoms with E-state index in [9.17, 15) is 19.3 Å². The van der Waals surface area contributed by atoms with Crippen molar-refractivity contribution in [3.8, 4) is 0 Å². The summed E-state index contributed by atoms with van der Waals surface area (Å²) < 4.78 is 17.8. The Bertz CT molecular complexity index is 947. The third-order valence-corrected chi connectivity index (χ3v) is 5.88. The number of rotatable bonds is 5. The molecule has 0 aromatic heterocycles. The van der Waals surface area contributed by atoms with Gasteiger partial charge in [0.1, 0.15) is 5.82 Å². The van der Waals surface area contributed by atoms with E-state index in [0.717, 1.165) is 5.69 Å². The largest absolute Gasteiger partial charge is 0.371 e. The summed E-state index contributed by atoms with van der Waals surface area (Å²) in [6, 6.07) is 10.8. The van der Waals surface area contributed by atoms with Crippen molar-refractivity contribution in [1.29, 1.82) is 0 Å². The Morgan fingerprint density at radius 1 is 1.24 bits per heavy atom. The minimum Gasteiger partial charge on any atom is -0.371 e. The molecule has 3 rings (SSSR count). The van der Waals surface area contributed by atoms with Crippen LogP contribution in [0, 0.1) is 21.8 Å². The molecule has 0 spiro atoms. The summed E-state index contributed by atoms with van der Waals surface area (Å²) >= 11 is 4.91. The minimum atomic E-state index is -0.424. The molecule has 1 N–H and O–H groups in total. The zero-order valence-corrected chi connectivity index (χ0v) is 18.9. The molecule has 2 aromatic carbocycles. The van der Waals surface area contributed by atoms with E-state index in [4.69, 9.17) is 0 Å². The molecule has 152 valence electrons. The van der Waals surface area contributed by atoms with Crippen molar-refractivity contribution in [1.82, 2.24) is 0 Å². The molecule has 10 heteroatoms. The lowest BCUT2D eigenvalue weighted by molar-refractivity contribution is -0.384. The zero-order valence-electron chi connectivity index (χ0n) is 15.1. The van der Waals surface area contributed by atoms with Gasteiger partial charge in [-0.1, -0.05) is 0 Å². The number of amidine groups is 1. The smallest absolute Gasteiger partial charge is 0.269 e. The number of benzene rings is 2. The highest BCUT2D eigenvalue weighted by Crippen LogP contribution is 2.27. The molecule has 29 heavy (non-hydrogen) atoms. The lowest BCUT2D eigenvalue weighted by Crippen LogP contribution is -2.39. The quantitative estimate of drug-likeness (QED) is 0.176. The number of hydrogen-bond acceptors (Lipinski definition) is 5. The number of piperidine rings is 1. The first-order valence-corrected chi connectivity index (χ1v) is 10.6. The maximum atomic E-state index is 13.4. The number of Topliss-reactive ketones (excluding diaryl/α,β-unsaturated/α-hetero) is 1. The number of nitrogens with zero attached hydrogens (tertiary/aromatic N) is 3. The Morgan fingerprint density at radius 2 is 1.90 bits per heavy atom. The first-order chi connectivity index (χ1) is 13.9. The van der Waals surface area contributed by atoms with E-state index in [2.05, 4.69) is 29.4 Å². The average molecular weight is 575 g/mol. The molecule has 0 bridgehead atoms. The van der Waals surface area contributed by atoms with Gasteiger partial charge in [0.15, 0.2) is 5.84 Å². The van der Waals surface area contributed by atoms with Crippen LogP contribution in [-0.2, 0) is 4.79 Å². The van der Waals surface area contributed by atoms with Crippen LogP contribution in [0.4, 0.5) is 21.5 Å². The molecule has 0 atom stereocenters. The molecule has 0 unspecified atom stereocenters. The van der Waals surface area contributed by atoms with E-state index < -0.39 is 4.92 Å². The molecule has 2 aromatic rings. The minimum absolute atomic E-state index is 0.0558. The fraction of sp³-hybridized carbons (Fsp3) is 0.263. The van der Waals surface area contributed by atoms with Gasteiger partial charge in [-0.15, -0.1) is 0 Å². The second-order valence-electron chi connectivity index (χ2n) is 6.59. The number of non-ortho nitro benzene ring substituents is 1. The van der Waals surface area contributed by atoms with E-state index in [1.54, 1.807) is 47.1 Å². The fourth-order valence-corrected chi connectivity index (χ4v) is 3.95.